The first-order valence-electron chi connectivity index (χ1n) is 4.09. The number of carbonyl (C=O) groups is 2. The summed E-state index contributed by atoms with van der Waals surface area (Å²) >= 11 is 0. The number of carbonyl (C=O) groups excluding carboxylic acids is 2. The molecule has 0 saturated carbocycles. The largest absolute Gasteiger partial charge is 0.450 e. The predicted molar refractivity (Wildman–Crippen MR) is 42.8 cm³/mol. The van der Waals surface area contributed by atoms with Gasteiger partial charge in [-0.15, -0.1) is 0 Å². The molecular formula is C8H13NO3. The summed E-state index contributed by atoms with van der Waals surface area (Å²) in [7, 11) is 0. The van der Waals surface area contributed by atoms with E-state index in [0.29, 0.717) is 13.2 Å². The first kappa shape index (κ1) is 9.03. The Morgan fingerprint density at radius 3 is 2.83 bits per heavy atom. The van der Waals surface area contributed by atoms with Crippen molar-refractivity contribution in [3.8, 4) is 0 Å². The number of nitrogens with zero attached hydrogens (tertiary/aromatic N) is 1. The molecule has 1 heterocycles. The van der Waals surface area contributed by atoms with Gasteiger partial charge in [-0.3, -0.25) is 4.79 Å². The Hall–Kier alpha value is -1.06. The summed E-state index contributed by atoms with van der Waals surface area (Å²) in [5, 5.41) is 0. The highest BCUT2D eigenvalue weighted by Crippen LogP contribution is 2.12. The highest BCUT2D eigenvalue weighted by atomic mass is 16.6. The van der Waals surface area contributed by atoms with E-state index in [0.717, 1.165) is 0 Å². The fourth-order valence-corrected chi connectivity index (χ4v) is 1.19. The molecule has 0 N–H and O–H groups in total. The molecule has 1 atom stereocenters. The molecular weight excluding hydrogens is 158 g/mol. The molecule has 0 aliphatic carbocycles. The van der Waals surface area contributed by atoms with Gasteiger partial charge < -0.3 is 9.64 Å². The van der Waals surface area contributed by atoms with Gasteiger partial charge in [0.2, 0.25) is 0 Å². The van der Waals surface area contributed by atoms with Crippen molar-refractivity contribution in [2.45, 2.75) is 13.8 Å². The maximum Gasteiger partial charge on any atom is 0.410 e. The van der Waals surface area contributed by atoms with E-state index in [9.17, 15) is 9.59 Å². The summed E-state index contributed by atoms with van der Waals surface area (Å²) in [6, 6.07) is 0. The van der Waals surface area contributed by atoms with E-state index in [1.54, 1.807) is 6.92 Å². The van der Waals surface area contributed by atoms with Gasteiger partial charge in [0.1, 0.15) is 0 Å². The molecule has 0 aromatic heterocycles. The molecule has 4 nitrogen and oxygen atoms in total. The summed E-state index contributed by atoms with van der Waals surface area (Å²) in [5.41, 5.74) is 0. The van der Waals surface area contributed by atoms with Crippen molar-refractivity contribution in [1.29, 1.82) is 0 Å². The average molecular weight is 171 g/mol. The lowest BCUT2D eigenvalue weighted by Crippen LogP contribution is -2.29. The lowest BCUT2D eigenvalue weighted by Gasteiger charge is -2.13. The SMILES string of the molecule is CCOC(=O)N1CC(=O)[C@@H](C)C1. The molecule has 12 heavy (non-hydrogen) atoms. The second kappa shape index (κ2) is 3.56. The molecule has 0 aromatic carbocycles. The van der Waals surface area contributed by atoms with Crippen LogP contribution in [0.15, 0.2) is 0 Å². The van der Waals surface area contributed by atoms with Crippen molar-refractivity contribution in [3.63, 3.8) is 0 Å². The number of ether oxygens (including phenoxy) is 1. The van der Waals surface area contributed by atoms with Gasteiger partial charge in [0.25, 0.3) is 0 Å². The number of rotatable bonds is 1. The van der Waals surface area contributed by atoms with Crippen LogP contribution in [-0.2, 0) is 9.53 Å². The lowest BCUT2D eigenvalue weighted by molar-refractivity contribution is -0.119. The highest BCUT2D eigenvalue weighted by molar-refractivity contribution is 5.89. The standard InChI is InChI=1S/C8H13NO3/c1-3-12-8(11)9-4-6(2)7(10)5-9/h6H,3-5H2,1-2H3/t6-/m0/s1. The molecule has 0 bridgehead atoms. The van der Waals surface area contributed by atoms with Gasteiger partial charge in [0.15, 0.2) is 5.78 Å². The first-order valence-corrected chi connectivity index (χ1v) is 4.09. The number of amides is 1. The normalized spacial score (nSPS) is 23.0. The molecule has 0 unspecified atom stereocenters. The van der Waals surface area contributed by atoms with Gasteiger partial charge in [0, 0.05) is 12.5 Å². The number of hydrogen-bond acceptors (Lipinski definition) is 3. The van der Waals surface area contributed by atoms with Crippen LogP contribution < -0.4 is 0 Å². The number of Topliss-reactive ketones (excluding diaryl/α,β-unsaturated/α-hetero) is 1. The zero-order valence-electron chi connectivity index (χ0n) is 7.37. The second-order valence-electron chi connectivity index (χ2n) is 2.95. The molecule has 0 aromatic rings. The number of hydrogen-bond donors (Lipinski definition) is 0. The molecule has 68 valence electrons. The maximum atomic E-state index is 11.1. The van der Waals surface area contributed by atoms with E-state index in [1.165, 1.54) is 4.90 Å². The minimum absolute atomic E-state index is 0.0330. The van der Waals surface area contributed by atoms with Crippen molar-refractivity contribution in [2.24, 2.45) is 5.92 Å². The van der Waals surface area contributed by atoms with Crippen molar-refractivity contribution >= 4 is 11.9 Å². The Balaban J connectivity index is 2.46. The van der Waals surface area contributed by atoms with Gasteiger partial charge in [-0.05, 0) is 6.92 Å². The summed E-state index contributed by atoms with van der Waals surface area (Å²) in [6.07, 6.45) is -0.379. The zero-order valence-corrected chi connectivity index (χ0v) is 7.37. The molecule has 1 fully saturated rings. The quantitative estimate of drug-likeness (QED) is 0.582. The Morgan fingerprint density at radius 2 is 2.42 bits per heavy atom. The van der Waals surface area contributed by atoms with Crippen LogP contribution in [-0.4, -0.2) is 36.5 Å². The summed E-state index contributed by atoms with van der Waals surface area (Å²) in [4.78, 5) is 23.6. The minimum Gasteiger partial charge on any atom is -0.450 e. The molecule has 1 amide bonds. The van der Waals surface area contributed by atoms with E-state index >= 15 is 0 Å². The van der Waals surface area contributed by atoms with Crippen LogP contribution in [0.2, 0.25) is 0 Å². The van der Waals surface area contributed by atoms with Crippen LogP contribution >= 0.6 is 0 Å². The van der Waals surface area contributed by atoms with Crippen molar-refractivity contribution in [3.05, 3.63) is 0 Å². The van der Waals surface area contributed by atoms with Gasteiger partial charge in [0.05, 0.1) is 13.2 Å². The molecule has 0 spiro atoms. The van der Waals surface area contributed by atoms with Crippen LogP contribution in [0, 0.1) is 5.92 Å². The monoisotopic (exact) mass is 171 g/mol. The average Bonchev–Trinajstić information content (AvgIpc) is 2.33. The van der Waals surface area contributed by atoms with Crippen LogP contribution in [0.1, 0.15) is 13.8 Å². The van der Waals surface area contributed by atoms with Gasteiger partial charge in [-0.2, -0.15) is 0 Å². The fourth-order valence-electron chi connectivity index (χ4n) is 1.19. The van der Waals surface area contributed by atoms with E-state index in [1.807, 2.05) is 6.92 Å². The van der Waals surface area contributed by atoms with Crippen LogP contribution in [0.5, 0.6) is 0 Å². The van der Waals surface area contributed by atoms with Gasteiger partial charge in [-0.1, -0.05) is 6.92 Å². The third-order valence-electron chi connectivity index (χ3n) is 1.92. The minimum atomic E-state index is -0.379. The van der Waals surface area contributed by atoms with Crippen molar-refractivity contribution in [1.82, 2.24) is 4.90 Å². The lowest BCUT2D eigenvalue weighted by atomic mass is 10.1. The van der Waals surface area contributed by atoms with Gasteiger partial charge in [-0.25, -0.2) is 4.79 Å². The Bertz CT molecular complexity index is 202. The van der Waals surface area contributed by atoms with Crippen molar-refractivity contribution < 1.29 is 14.3 Å². The second-order valence-corrected chi connectivity index (χ2v) is 2.95. The predicted octanol–water partition coefficient (Wildman–Crippen LogP) is 0.664. The molecule has 1 aliphatic heterocycles. The summed E-state index contributed by atoms with van der Waals surface area (Å²) in [6.45, 7) is 4.64. The number of ketones is 1. The third kappa shape index (κ3) is 1.75. The molecule has 1 rings (SSSR count). The molecule has 1 saturated heterocycles. The van der Waals surface area contributed by atoms with Crippen LogP contribution in [0.25, 0.3) is 0 Å². The van der Waals surface area contributed by atoms with E-state index < -0.39 is 0 Å². The number of likely N-dealkylation sites (tertiary alicyclic amines) is 1. The van der Waals surface area contributed by atoms with Gasteiger partial charge >= 0.3 is 6.09 Å². The van der Waals surface area contributed by atoms with Crippen molar-refractivity contribution in [2.75, 3.05) is 19.7 Å². The van der Waals surface area contributed by atoms with Crippen LogP contribution in [0.4, 0.5) is 4.79 Å². The zero-order chi connectivity index (χ0) is 9.14. The topological polar surface area (TPSA) is 46.6 Å². The Morgan fingerprint density at radius 1 is 1.75 bits per heavy atom. The highest BCUT2D eigenvalue weighted by Gasteiger charge is 2.30. The van der Waals surface area contributed by atoms with E-state index in [2.05, 4.69) is 0 Å². The van der Waals surface area contributed by atoms with E-state index in [4.69, 9.17) is 4.74 Å². The van der Waals surface area contributed by atoms with Crippen LogP contribution in [0.3, 0.4) is 0 Å². The Kier molecular flexibility index (Phi) is 2.68. The maximum absolute atomic E-state index is 11.1. The van der Waals surface area contributed by atoms with E-state index in [-0.39, 0.29) is 24.3 Å². The third-order valence-corrected chi connectivity index (χ3v) is 1.92. The first-order chi connectivity index (χ1) is 5.65. The smallest absolute Gasteiger partial charge is 0.410 e. The molecule has 4 heteroatoms. The summed E-state index contributed by atoms with van der Waals surface area (Å²) in [5.74, 6) is 0.0810. The molecule has 1 aliphatic rings. The fraction of sp³-hybridized carbons (Fsp3) is 0.750. The summed E-state index contributed by atoms with van der Waals surface area (Å²) < 4.78 is 4.76. The Labute approximate surface area is 71.5 Å². The molecule has 0 radical (unpaired) electrons.